The Bertz CT molecular complexity index is 617. The van der Waals surface area contributed by atoms with Crippen LogP contribution in [0.1, 0.15) is 57.3 Å². The van der Waals surface area contributed by atoms with Gasteiger partial charge in [-0.15, -0.1) is 24.0 Å². The Hall–Kier alpha value is -1.29. The molecule has 0 bridgehead atoms. The minimum atomic E-state index is -0.761. The third kappa shape index (κ3) is 6.37. The molecule has 0 aromatic carbocycles. The third-order valence-corrected chi connectivity index (χ3v) is 5.43. The van der Waals surface area contributed by atoms with Crippen LogP contribution >= 0.6 is 24.0 Å². The van der Waals surface area contributed by atoms with Gasteiger partial charge in [0.2, 0.25) is 5.91 Å². The maximum Gasteiger partial charge on any atom is 0.225 e. The van der Waals surface area contributed by atoms with Crippen LogP contribution in [0.25, 0.3) is 0 Å². The van der Waals surface area contributed by atoms with Gasteiger partial charge in [-0.05, 0) is 38.3 Å². The van der Waals surface area contributed by atoms with Gasteiger partial charge in [0.1, 0.15) is 11.9 Å². The fourth-order valence-corrected chi connectivity index (χ4v) is 3.95. The SMILES string of the molecule is CCNC(=NCC(O)c1ccco1)NC1CCN(C(=O)C2CCCCC2)C1.I. The predicted molar refractivity (Wildman–Crippen MR) is 120 cm³/mol. The Morgan fingerprint density at radius 3 is 2.82 bits per heavy atom. The molecule has 2 heterocycles. The monoisotopic (exact) mass is 504 g/mol. The highest BCUT2D eigenvalue weighted by atomic mass is 127. The molecule has 1 saturated carbocycles. The van der Waals surface area contributed by atoms with Gasteiger partial charge in [0, 0.05) is 31.6 Å². The molecule has 2 aliphatic rings. The molecule has 7 nitrogen and oxygen atoms in total. The molecule has 3 N–H and O–H groups in total. The number of carbonyl (C=O) groups excluding carboxylic acids is 1. The molecule has 28 heavy (non-hydrogen) atoms. The van der Waals surface area contributed by atoms with Gasteiger partial charge in [-0.25, -0.2) is 0 Å². The fourth-order valence-electron chi connectivity index (χ4n) is 3.95. The number of guanidine groups is 1. The highest BCUT2D eigenvalue weighted by molar-refractivity contribution is 14.0. The van der Waals surface area contributed by atoms with Gasteiger partial charge in [0.05, 0.1) is 12.8 Å². The molecule has 8 heteroatoms. The number of hydrogen-bond donors (Lipinski definition) is 3. The molecule has 2 atom stereocenters. The van der Waals surface area contributed by atoms with Gasteiger partial charge >= 0.3 is 0 Å². The predicted octanol–water partition coefficient (Wildman–Crippen LogP) is 2.67. The lowest BCUT2D eigenvalue weighted by atomic mass is 9.88. The first-order chi connectivity index (χ1) is 13.2. The van der Waals surface area contributed by atoms with Crippen molar-refractivity contribution in [1.82, 2.24) is 15.5 Å². The first kappa shape index (κ1) is 23.0. The summed E-state index contributed by atoms with van der Waals surface area (Å²) in [6.45, 7) is 4.50. The Kier molecular flexibility index (Phi) is 9.57. The lowest BCUT2D eigenvalue weighted by Crippen LogP contribution is -2.45. The number of nitrogens with zero attached hydrogens (tertiary/aromatic N) is 2. The highest BCUT2D eigenvalue weighted by Crippen LogP contribution is 2.26. The van der Waals surface area contributed by atoms with Crippen LogP contribution in [0.2, 0.25) is 0 Å². The molecule has 1 aromatic rings. The van der Waals surface area contributed by atoms with E-state index < -0.39 is 6.10 Å². The minimum absolute atomic E-state index is 0. The van der Waals surface area contributed by atoms with Crippen LogP contribution < -0.4 is 10.6 Å². The number of aliphatic imine (C=N–C) groups is 1. The van der Waals surface area contributed by atoms with Crippen LogP contribution in [0.3, 0.4) is 0 Å². The number of nitrogens with one attached hydrogen (secondary N) is 2. The van der Waals surface area contributed by atoms with E-state index in [4.69, 9.17) is 4.42 Å². The van der Waals surface area contributed by atoms with Crippen LogP contribution in [-0.2, 0) is 4.79 Å². The number of halogens is 1. The first-order valence-corrected chi connectivity index (χ1v) is 10.2. The number of hydrogen-bond acceptors (Lipinski definition) is 4. The molecular formula is C20H33IN4O3. The molecule has 0 radical (unpaired) electrons. The summed E-state index contributed by atoms with van der Waals surface area (Å²) >= 11 is 0. The highest BCUT2D eigenvalue weighted by Gasteiger charge is 2.31. The number of rotatable bonds is 6. The summed E-state index contributed by atoms with van der Waals surface area (Å²) in [7, 11) is 0. The molecule has 158 valence electrons. The lowest BCUT2D eigenvalue weighted by Gasteiger charge is -2.26. The van der Waals surface area contributed by atoms with E-state index in [2.05, 4.69) is 15.6 Å². The van der Waals surface area contributed by atoms with Crippen molar-refractivity contribution in [3.05, 3.63) is 24.2 Å². The molecule has 2 fully saturated rings. The van der Waals surface area contributed by atoms with Crippen molar-refractivity contribution in [2.45, 2.75) is 57.6 Å². The van der Waals surface area contributed by atoms with Gasteiger partial charge < -0.3 is 25.1 Å². The minimum Gasteiger partial charge on any atom is -0.467 e. The molecule has 3 rings (SSSR count). The Balaban J connectivity index is 0.00000280. The summed E-state index contributed by atoms with van der Waals surface area (Å²) in [5.41, 5.74) is 0. The van der Waals surface area contributed by atoms with Crippen LogP contribution in [0, 0.1) is 5.92 Å². The quantitative estimate of drug-likeness (QED) is 0.315. The topological polar surface area (TPSA) is 90.1 Å². The zero-order valence-electron chi connectivity index (χ0n) is 16.6. The average Bonchev–Trinajstić information content (AvgIpc) is 3.38. The smallest absolute Gasteiger partial charge is 0.225 e. The molecule has 1 saturated heterocycles. The maximum absolute atomic E-state index is 12.7. The van der Waals surface area contributed by atoms with Gasteiger partial charge in [-0.3, -0.25) is 9.79 Å². The van der Waals surface area contributed by atoms with Gasteiger partial charge in [-0.1, -0.05) is 19.3 Å². The second kappa shape index (κ2) is 11.6. The van der Waals surface area contributed by atoms with Crippen LogP contribution in [0.15, 0.2) is 27.8 Å². The van der Waals surface area contributed by atoms with Crippen molar-refractivity contribution in [1.29, 1.82) is 0 Å². The second-order valence-corrected chi connectivity index (χ2v) is 7.50. The zero-order chi connectivity index (χ0) is 19.1. The summed E-state index contributed by atoms with van der Waals surface area (Å²) in [5.74, 6) is 1.73. The zero-order valence-corrected chi connectivity index (χ0v) is 18.9. The number of furan rings is 1. The fraction of sp³-hybridized carbons (Fsp3) is 0.700. The lowest BCUT2D eigenvalue weighted by molar-refractivity contribution is -0.135. The Morgan fingerprint density at radius 1 is 1.36 bits per heavy atom. The van der Waals surface area contributed by atoms with E-state index in [0.717, 1.165) is 38.9 Å². The summed E-state index contributed by atoms with van der Waals surface area (Å²) in [6, 6.07) is 3.69. The van der Waals surface area contributed by atoms with Crippen LogP contribution in [0.4, 0.5) is 0 Å². The molecule has 0 spiro atoms. The number of likely N-dealkylation sites (tertiary alicyclic amines) is 1. The summed E-state index contributed by atoms with van der Waals surface area (Å²) in [5, 5.41) is 16.8. The number of aliphatic hydroxyl groups excluding tert-OH is 1. The first-order valence-electron chi connectivity index (χ1n) is 10.2. The van der Waals surface area contributed by atoms with E-state index in [-0.39, 0.29) is 42.5 Å². The number of aliphatic hydroxyl groups is 1. The van der Waals surface area contributed by atoms with E-state index >= 15 is 0 Å². The molecule has 1 aliphatic heterocycles. The van der Waals surface area contributed by atoms with E-state index in [1.807, 2.05) is 11.8 Å². The Labute approximate surface area is 184 Å². The third-order valence-electron chi connectivity index (χ3n) is 5.43. The Morgan fingerprint density at radius 2 is 2.14 bits per heavy atom. The van der Waals surface area contributed by atoms with Crippen molar-refractivity contribution in [3.8, 4) is 0 Å². The molecule has 1 aliphatic carbocycles. The summed E-state index contributed by atoms with van der Waals surface area (Å²) < 4.78 is 5.21. The van der Waals surface area contributed by atoms with E-state index in [1.54, 1.807) is 18.4 Å². The average molecular weight is 504 g/mol. The van der Waals surface area contributed by atoms with E-state index in [9.17, 15) is 9.90 Å². The standard InChI is InChI=1S/C20H32N4O3.HI/c1-2-21-20(22-13-17(25)18-9-6-12-27-18)23-16-10-11-24(14-16)19(26)15-7-4-3-5-8-15;/h6,9,12,15-17,25H,2-5,7-8,10-11,13-14H2,1H3,(H2,21,22,23);1H. The maximum atomic E-state index is 12.7. The van der Waals surface area contributed by atoms with Crippen LogP contribution in [0.5, 0.6) is 0 Å². The van der Waals surface area contributed by atoms with E-state index in [1.165, 1.54) is 19.3 Å². The van der Waals surface area contributed by atoms with Crippen molar-refractivity contribution >= 4 is 35.8 Å². The summed E-state index contributed by atoms with van der Waals surface area (Å²) in [6.07, 6.45) is 7.42. The normalized spacial score (nSPS) is 21.9. The molecule has 1 aromatic heterocycles. The molecule has 2 unspecified atom stereocenters. The van der Waals surface area contributed by atoms with Gasteiger partial charge in [0.15, 0.2) is 5.96 Å². The largest absolute Gasteiger partial charge is 0.467 e. The molecule has 1 amide bonds. The van der Waals surface area contributed by atoms with Gasteiger partial charge in [-0.2, -0.15) is 0 Å². The van der Waals surface area contributed by atoms with Gasteiger partial charge in [0.25, 0.3) is 0 Å². The second-order valence-electron chi connectivity index (χ2n) is 7.50. The number of carbonyl (C=O) groups is 1. The number of amides is 1. The summed E-state index contributed by atoms with van der Waals surface area (Å²) in [4.78, 5) is 19.2. The van der Waals surface area contributed by atoms with Crippen molar-refractivity contribution in [3.63, 3.8) is 0 Å². The van der Waals surface area contributed by atoms with Crippen LogP contribution in [-0.4, -0.2) is 54.1 Å². The van der Waals surface area contributed by atoms with E-state index in [0.29, 0.717) is 17.6 Å². The van der Waals surface area contributed by atoms with Crippen molar-refractivity contribution < 1.29 is 14.3 Å². The molecular weight excluding hydrogens is 471 g/mol. The van der Waals surface area contributed by atoms with Crippen molar-refractivity contribution in [2.24, 2.45) is 10.9 Å². The van der Waals surface area contributed by atoms with Crippen molar-refractivity contribution in [2.75, 3.05) is 26.2 Å².